The minimum Gasteiger partial charge on any atom is -0.378 e. The van der Waals surface area contributed by atoms with Gasteiger partial charge in [-0.05, 0) is 24.6 Å². The first kappa shape index (κ1) is 12.2. The Balaban J connectivity index is 2.16. The number of aromatic nitrogens is 2. The van der Waals surface area contributed by atoms with E-state index in [0.29, 0.717) is 5.95 Å². The fraction of sp³-hybridized carbons (Fsp3) is 0.231. The van der Waals surface area contributed by atoms with Crippen LogP contribution in [0.3, 0.4) is 0 Å². The first-order valence-electron chi connectivity index (χ1n) is 5.69. The van der Waals surface area contributed by atoms with Crippen molar-refractivity contribution in [3.8, 4) is 0 Å². The van der Waals surface area contributed by atoms with Gasteiger partial charge in [-0.25, -0.2) is 9.66 Å². The standard InChI is InChI=1S/C13H17N5/c1-10-9-18(13(14)16-10)15-8-11-4-6-12(7-5-11)17(2)3/h4-9H,1-3H3,(H2,14,16). The number of hydrogen-bond donors (Lipinski definition) is 1. The van der Waals surface area contributed by atoms with Crippen LogP contribution in [-0.2, 0) is 0 Å². The summed E-state index contributed by atoms with van der Waals surface area (Å²) < 4.78 is 1.56. The van der Waals surface area contributed by atoms with Gasteiger partial charge in [-0.2, -0.15) is 5.10 Å². The summed E-state index contributed by atoms with van der Waals surface area (Å²) in [5.74, 6) is 0.397. The van der Waals surface area contributed by atoms with Gasteiger partial charge in [0.05, 0.1) is 18.1 Å². The van der Waals surface area contributed by atoms with Crippen molar-refractivity contribution in [2.24, 2.45) is 5.10 Å². The Bertz CT molecular complexity index is 551. The zero-order chi connectivity index (χ0) is 13.1. The maximum atomic E-state index is 5.70. The number of rotatable bonds is 3. The van der Waals surface area contributed by atoms with Gasteiger partial charge in [0.2, 0.25) is 5.95 Å². The maximum absolute atomic E-state index is 5.70. The van der Waals surface area contributed by atoms with E-state index in [4.69, 9.17) is 5.73 Å². The summed E-state index contributed by atoms with van der Waals surface area (Å²) in [6.45, 7) is 1.88. The van der Waals surface area contributed by atoms with Crippen molar-refractivity contribution in [1.82, 2.24) is 9.66 Å². The Morgan fingerprint density at radius 3 is 2.44 bits per heavy atom. The monoisotopic (exact) mass is 243 g/mol. The second-order valence-corrected chi connectivity index (χ2v) is 4.32. The summed E-state index contributed by atoms with van der Waals surface area (Å²) in [7, 11) is 4.02. The topological polar surface area (TPSA) is 59.4 Å². The quantitative estimate of drug-likeness (QED) is 0.835. The van der Waals surface area contributed by atoms with Crippen LogP contribution < -0.4 is 10.6 Å². The molecule has 0 bridgehead atoms. The van der Waals surface area contributed by atoms with Gasteiger partial charge in [-0.1, -0.05) is 12.1 Å². The molecule has 18 heavy (non-hydrogen) atoms. The van der Waals surface area contributed by atoms with Crippen LogP contribution in [0.15, 0.2) is 35.6 Å². The van der Waals surface area contributed by atoms with Crippen molar-refractivity contribution >= 4 is 17.9 Å². The predicted octanol–water partition coefficient (Wildman–Crippen LogP) is 1.72. The Kier molecular flexibility index (Phi) is 3.32. The van der Waals surface area contributed by atoms with Gasteiger partial charge in [0.15, 0.2) is 0 Å². The summed E-state index contributed by atoms with van der Waals surface area (Å²) >= 11 is 0. The number of anilines is 2. The highest BCUT2D eigenvalue weighted by atomic mass is 15.4. The molecule has 5 heteroatoms. The number of nitrogen functional groups attached to an aromatic ring is 1. The third-order valence-electron chi connectivity index (χ3n) is 2.58. The maximum Gasteiger partial charge on any atom is 0.221 e. The fourth-order valence-corrected chi connectivity index (χ4v) is 1.58. The summed E-state index contributed by atoms with van der Waals surface area (Å²) in [5, 5.41) is 4.26. The van der Waals surface area contributed by atoms with E-state index < -0.39 is 0 Å². The van der Waals surface area contributed by atoms with Crippen LogP contribution >= 0.6 is 0 Å². The van der Waals surface area contributed by atoms with Crippen LogP contribution in [0.1, 0.15) is 11.3 Å². The molecule has 0 aliphatic rings. The van der Waals surface area contributed by atoms with Crippen LogP contribution in [-0.4, -0.2) is 30.0 Å². The van der Waals surface area contributed by atoms with Gasteiger partial charge in [0, 0.05) is 19.8 Å². The molecule has 2 aromatic rings. The van der Waals surface area contributed by atoms with E-state index >= 15 is 0 Å². The van der Waals surface area contributed by atoms with Crippen LogP contribution in [0.25, 0.3) is 0 Å². The van der Waals surface area contributed by atoms with Gasteiger partial charge in [-0.3, -0.25) is 0 Å². The van der Waals surface area contributed by atoms with E-state index in [-0.39, 0.29) is 0 Å². The van der Waals surface area contributed by atoms with Crippen molar-refractivity contribution in [3.63, 3.8) is 0 Å². The minimum atomic E-state index is 0.397. The molecular formula is C13H17N5. The minimum absolute atomic E-state index is 0.397. The van der Waals surface area contributed by atoms with Gasteiger partial charge in [-0.15, -0.1) is 0 Å². The lowest BCUT2D eigenvalue weighted by molar-refractivity contribution is 0.897. The molecule has 0 spiro atoms. The van der Waals surface area contributed by atoms with Crippen molar-refractivity contribution in [2.45, 2.75) is 6.92 Å². The normalized spacial score (nSPS) is 11.1. The van der Waals surface area contributed by atoms with E-state index in [9.17, 15) is 0 Å². The zero-order valence-electron chi connectivity index (χ0n) is 10.8. The van der Waals surface area contributed by atoms with Gasteiger partial charge in [0.25, 0.3) is 0 Å². The predicted molar refractivity (Wildman–Crippen MR) is 75.1 cm³/mol. The molecule has 1 aromatic heterocycles. The van der Waals surface area contributed by atoms with Crippen LogP contribution in [0, 0.1) is 6.92 Å². The second-order valence-electron chi connectivity index (χ2n) is 4.32. The molecule has 0 atom stereocenters. The van der Waals surface area contributed by atoms with E-state index in [1.807, 2.05) is 45.3 Å². The molecule has 0 amide bonds. The highest BCUT2D eigenvalue weighted by molar-refractivity contribution is 5.80. The van der Waals surface area contributed by atoms with Gasteiger partial charge in [0.1, 0.15) is 0 Å². The molecule has 0 saturated carbocycles. The lowest BCUT2D eigenvalue weighted by atomic mass is 10.2. The van der Waals surface area contributed by atoms with Crippen LogP contribution in [0.5, 0.6) is 0 Å². The molecule has 0 aliphatic heterocycles. The summed E-state index contributed by atoms with van der Waals surface area (Å²) in [5.41, 5.74) is 8.73. The van der Waals surface area contributed by atoms with Crippen LogP contribution in [0.4, 0.5) is 11.6 Å². The number of aryl methyl sites for hydroxylation is 1. The number of benzene rings is 1. The summed E-state index contributed by atoms with van der Waals surface area (Å²) in [6, 6.07) is 8.12. The average molecular weight is 243 g/mol. The number of nitrogens with zero attached hydrogens (tertiary/aromatic N) is 4. The third-order valence-corrected chi connectivity index (χ3v) is 2.58. The van der Waals surface area contributed by atoms with Gasteiger partial charge < -0.3 is 10.6 Å². The Morgan fingerprint density at radius 1 is 1.28 bits per heavy atom. The highest BCUT2D eigenvalue weighted by Crippen LogP contribution is 2.11. The second kappa shape index (κ2) is 4.91. The lowest BCUT2D eigenvalue weighted by Crippen LogP contribution is -2.08. The molecule has 0 fully saturated rings. The molecule has 1 aromatic carbocycles. The highest BCUT2D eigenvalue weighted by Gasteiger charge is 1.98. The smallest absolute Gasteiger partial charge is 0.221 e. The first-order chi connectivity index (χ1) is 8.56. The molecule has 0 unspecified atom stereocenters. The fourth-order valence-electron chi connectivity index (χ4n) is 1.58. The van der Waals surface area contributed by atoms with Crippen molar-refractivity contribution in [2.75, 3.05) is 24.7 Å². The average Bonchev–Trinajstić information content (AvgIpc) is 2.66. The number of hydrogen-bond acceptors (Lipinski definition) is 4. The molecule has 2 rings (SSSR count). The van der Waals surface area contributed by atoms with E-state index in [1.54, 1.807) is 17.1 Å². The Hall–Kier alpha value is -2.30. The van der Waals surface area contributed by atoms with E-state index in [1.165, 1.54) is 0 Å². The molecule has 94 valence electrons. The first-order valence-corrected chi connectivity index (χ1v) is 5.69. The molecule has 1 heterocycles. The Morgan fingerprint density at radius 2 is 1.94 bits per heavy atom. The summed E-state index contributed by atoms with van der Waals surface area (Å²) in [6.07, 6.45) is 3.55. The summed E-state index contributed by atoms with van der Waals surface area (Å²) in [4.78, 5) is 6.13. The Labute approximate surface area is 107 Å². The van der Waals surface area contributed by atoms with E-state index in [2.05, 4.69) is 15.0 Å². The zero-order valence-corrected chi connectivity index (χ0v) is 10.8. The molecule has 2 N–H and O–H groups in total. The van der Waals surface area contributed by atoms with Gasteiger partial charge >= 0.3 is 0 Å². The lowest BCUT2D eigenvalue weighted by Gasteiger charge is -2.11. The van der Waals surface area contributed by atoms with E-state index in [0.717, 1.165) is 16.9 Å². The molecular weight excluding hydrogens is 226 g/mol. The van der Waals surface area contributed by atoms with Crippen molar-refractivity contribution in [1.29, 1.82) is 0 Å². The van der Waals surface area contributed by atoms with Crippen LogP contribution in [0.2, 0.25) is 0 Å². The molecule has 0 radical (unpaired) electrons. The van der Waals surface area contributed by atoms with Crippen molar-refractivity contribution in [3.05, 3.63) is 41.7 Å². The van der Waals surface area contributed by atoms with Crippen molar-refractivity contribution < 1.29 is 0 Å². The SMILES string of the molecule is Cc1cn(N=Cc2ccc(N(C)C)cc2)c(N)n1. The largest absolute Gasteiger partial charge is 0.378 e. The number of imidazole rings is 1. The third kappa shape index (κ3) is 2.68. The molecule has 5 nitrogen and oxygen atoms in total. The molecule has 0 saturated heterocycles. The number of nitrogens with two attached hydrogens (primary N) is 1. The molecule has 0 aliphatic carbocycles.